The molecule has 184 valence electrons. The zero-order valence-corrected chi connectivity index (χ0v) is 20.8. The van der Waals surface area contributed by atoms with Crippen LogP contribution in [0.3, 0.4) is 0 Å². The normalized spacial score (nSPS) is 54.8. The van der Waals surface area contributed by atoms with Crippen LogP contribution in [-0.2, 0) is 9.47 Å². The van der Waals surface area contributed by atoms with Crippen LogP contribution in [0.1, 0.15) is 91.4 Å². The fourth-order valence-corrected chi connectivity index (χ4v) is 9.70. The molecule has 0 aromatic rings. The predicted molar refractivity (Wildman–Crippen MR) is 126 cm³/mol. The molecule has 0 amide bonds. The molecule has 0 bridgehead atoms. The van der Waals surface area contributed by atoms with E-state index < -0.39 is 0 Å². The highest BCUT2D eigenvalue weighted by Gasteiger charge is 2.66. The van der Waals surface area contributed by atoms with Gasteiger partial charge in [-0.1, -0.05) is 20.8 Å². The number of rotatable bonds is 0. The van der Waals surface area contributed by atoms with Crippen molar-refractivity contribution in [2.45, 2.75) is 110 Å². The first-order valence-corrected chi connectivity index (χ1v) is 13.9. The van der Waals surface area contributed by atoms with Crippen molar-refractivity contribution in [3.05, 3.63) is 0 Å². The Balaban J connectivity index is 1.48. The first kappa shape index (κ1) is 23.6. The zero-order chi connectivity index (χ0) is 22.5. The van der Waals surface area contributed by atoms with Crippen molar-refractivity contribution in [2.24, 2.45) is 46.3 Å². The quantitative estimate of drug-likeness (QED) is 0.535. The van der Waals surface area contributed by atoms with Crippen LogP contribution in [0.2, 0.25) is 0 Å². The Labute approximate surface area is 195 Å². The summed E-state index contributed by atoms with van der Waals surface area (Å²) in [7, 11) is 0. The van der Waals surface area contributed by atoms with Gasteiger partial charge in [-0.15, -0.1) is 0 Å². The summed E-state index contributed by atoms with van der Waals surface area (Å²) in [6.07, 6.45) is 12.0. The largest absolute Gasteiger partial charge is 0.393 e. The van der Waals surface area contributed by atoms with Crippen LogP contribution in [0, 0.1) is 46.3 Å². The molecule has 11 atom stereocenters. The smallest absolute Gasteiger partial charge is 0.0637 e. The second-order valence-corrected chi connectivity index (χ2v) is 12.8. The molecule has 0 aromatic carbocycles. The van der Waals surface area contributed by atoms with Gasteiger partial charge in [-0.2, -0.15) is 0 Å². The molecule has 4 nitrogen and oxygen atoms in total. The fourth-order valence-electron chi connectivity index (χ4n) is 9.70. The summed E-state index contributed by atoms with van der Waals surface area (Å²) in [5.74, 6) is 3.33. The summed E-state index contributed by atoms with van der Waals surface area (Å²) in [6.45, 7) is 10.1. The van der Waals surface area contributed by atoms with Crippen molar-refractivity contribution in [3.8, 4) is 0 Å². The number of hydrogen-bond donors (Lipinski definition) is 2. The molecule has 2 N–H and O–H groups in total. The second-order valence-electron chi connectivity index (χ2n) is 12.8. The van der Waals surface area contributed by atoms with Gasteiger partial charge in [-0.05, 0) is 112 Å². The van der Waals surface area contributed by atoms with E-state index in [1.54, 1.807) is 0 Å². The van der Waals surface area contributed by atoms with Crippen molar-refractivity contribution in [1.29, 1.82) is 0 Å². The van der Waals surface area contributed by atoms with Crippen LogP contribution in [0.25, 0.3) is 0 Å². The highest BCUT2D eigenvalue weighted by atomic mass is 16.5. The molecule has 32 heavy (non-hydrogen) atoms. The standard InChI is InChI=1S/C28H48O4/c1-18-7-6-13-31-12-4-5-14-32-25-17-23-26(22-9-8-21(18)28(22,25)3)24(30)16-19-15-20(29)10-11-27(19,23)2/h18-26,29-30H,4-17H2,1-3H3/t18-,19+,20-,21-,22+,23+,24-,25+,26+,27+,28-/m1/s1. The molecule has 4 saturated carbocycles. The minimum atomic E-state index is -0.210. The van der Waals surface area contributed by atoms with Crippen molar-refractivity contribution in [3.63, 3.8) is 0 Å². The Morgan fingerprint density at radius 3 is 2.38 bits per heavy atom. The molecule has 5 aliphatic rings. The maximum atomic E-state index is 11.5. The van der Waals surface area contributed by atoms with E-state index in [0.717, 1.165) is 64.8 Å². The molecular weight excluding hydrogens is 400 g/mol. The van der Waals surface area contributed by atoms with Crippen LogP contribution in [0.15, 0.2) is 0 Å². The molecule has 0 spiro atoms. The molecule has 1 saturated heterocycles. The molecular formula is C28H48O4. The van der Waals surface area contributed by atoms with E-state index in [2.05, 4.69) is 20.8 Å². The third kappa shape index (κ3) is 3.80. The van der Waals surface area contributed by atoms with Gasteiger partial charge in [0.25, 0.3) is 0 Å². The molecule has 1 heterocycles. The minimum absolute atomic E-state index is 0.174. The van der Waals surface area contributed by atoms with E-state index in [1.807, 2.05) is 0 Å². The van der Waals surface area contributed by atoms with Gasteiger partial charge in [0.2, 0.25) is 0 Å². The van der Waals surface area contributed by atoms with E-state index in [0.29, 0.717) is 41.6 Å². The molecule has 0 unspecified atom stereocenters. The molecule has 0 aromatic heterocycles. The van der Waals surface area contributed by atoms with Gasteiger partial charge in [0, 0.05) is 25.2 Å². The summed E-state index contributed by atoms with van der Waals surface area (Å²) in [5.41, 5.74) is 0.417. The number of ether oxygens (including phenoxy) is 2. The van der Waals surface area contributed by atoms with E-state index in [4.69, 9.17) is 9.47 Å². The monoisotopic (exact) mass is 448 g/mol. The first-order valence-electron chi connectivity index (χ1n) is 13.9. The molecule has 0 radical (unpaired) electrons. The lowest BCUT2D eigenvalue weighted by molar-refractivity contribution is -0.217. The van der Waals surface area contributed by atoms with Gasteiger partial charge in [0.1, 0.15) is 0 Å². The Hall–Kier alpha value is -0.160. The van der Waals surface area contributed by atoms with Crippen molar-refractivity contribution in [1.82, 2.24) is 0 Å². The van der Waals surface area contributed by atoms with Gasteiger partial charge in [0.05, 0.1) is 18.3 Å². The van der Waals surface area contributed by atoms with E-state index in [-0.39, 0.29) is 23.0 Å². The minimum Gasteiger partial charge on any atom is -0.393 e. The lowest BCUT2D eigenvalue weighted by atomic mass is 9.43. The highest BCUT2D eigenvalue weighted by Crippen LogP contribution is 2.69. The average molecular weight is 449 g/mol. The summed E-state index contributed by atoms with van der Waals surface area (Å²) >= 11 is 0. The van der Waals surface area contributed by atoms with Gasteiger partial charge in [-0.3, -0.25) is 0 Å². The third-order valence-electron chi connectivity index (χ3n) is 11.4. The van der Waals surface area contributed by atoms with Crippen LogP contribution in [0.5, 0.6) is 0 Å². The van der Waals surface area contributed by atoms with Crippen molar-refractivity contribution >= 4 is 0 Å². The number of aliphatic hydroxyl groups excluding tert-OH is 2. The first-order chi connectivity index (χ1) is 15.4. The third-order valence-corrected chi connectivity index (χ3v) is 11.4. The maximum absolute atomic E-state index is 11.5. The van der Waals surface area contributed by atoms with Gasteiger partial charge >= 0.3 is 0 Å². The van der Waals surface area contributed by atoms with Gasteiger partial charge < -0.3 is 19.7 Å². The Bertz CT molecular complexity index is 653. The average Bonchev–Trinajstić information content (AvgIpc) is 3.11. The summed E-state index contributed by atoms with van der Waals surface area (Å²) < 4.78 is 12.7. The fraction of sp³-hybridized carbons (Fsp3) is 1.00. The predicted octanol–water partition coefficient (Wildman–Crippen LogP) is 5.20. The maximum Gasteiger partial charge on any atom is 0.0637 e. The van der Waals surface area contributed by atoms with Gasteiger partial charge in [-0.25, -0.2) is 0 Å². The summed E-state index contributed by atoms with van der Waals surface area (Å²) in [5, 5.41) is 21.9. The van der Waals surface area contributed by atoms with Crippen molar-refractivity contribution < 1.29 is 19.7 Å². The van der Waals surface area contributed by atoms with Crippen LogP contribution in [0.4, 0.5) is 0 Å². The van der Waals surface area contributed by atoms with Crippen LogP contribution >= 0.6 is 0 Å². The summed E-state index contributed by atoms with van der Waals surface area (Å²) in [4.78, 5) is 0. The van der Waals surface area contributed by atoms with E-state index in [1.165, 1.54) is 25.7 Å². The second kappa shape index (κ2) is 9.13. The topological polar surface area (TPSA) is 58.9 Å². The van der Waals surface area contributed by atoms with Crippen molar-refractivity contribution in [2.75, 3.05) is 19.8 Å². The highest BCUT2D eigenvalue weighted by molar-refractivity contribution is 5.14. The SMILES string of the molecule is C[C@@H]1CCCOCCCCO[C@H]2C[C@H]3[C@@H]([C@H](O)C[C@@H]4C[C@H](O)CC[C@@]43C)[C@@H]3CC[C@H]1[C@@]23C. The lowest BCUT2D eigenvalue weighted by Crippen LogP contribution is -2.62. The van der Waals surface area contributed by atoms with Crippen LogP contribution in [-0.4, -0.2) is 48.3 Å². The van der Waals surface area contributed by atoms with E-state index >= 15 is 0 Å². The Morgan fingerprint density at radius 1 is 0.781 bits per heavy atom. The molecule has 4 aliphatic carbocycles. The molecule has 5 rings (SSSR count). The van der Waals surface area contributed by atoms with E-state index in [9.17, 15) is 10.2 Å². The molecule has 5 fully saturated rings. The Kier molecular flexibility index (Phi) is 6.73. The Morgan fingerprint density at radius 2 is 1.53 bits per heavy atom. The summed E-state index contributed by atoms with van der Waals surface area (Å²) in [6, 6.07) is 0. The van der Waals surface area contributed by atoms with Crippen LogP contribution < -0.4 is 0 Å². The zero-order valence-electron chi connectivity index (χ0n) is 20.8. The number of hydrogen-bond acceptors (Lipinski definition) is 4. The number of aliphatic hydroxyl groups is 2. The molecule has 4 heteroatoms. The molecule has 1 aliphatic heterocycles. The lowest BCUT2D eigenvalue weighted by Gasteiger charge is -2.64. The van der Waals surface area contributed by atoms with Gasteiger partial charge in [0.15, 0.2) is 0 Å². The number of fused-ring (bicyclic) bond motifs is 4.